The largest absolute Gasteiger partial charge is 0.487 e. The zero-order chi connectivity index (χ0) is 13.5. The molecule has 0 saturated heterocycles. The first kappa shape index (κ1) is 14.1. The van der Waals surface area contributed by atoms with Crippen LogP contribution in [-0.2, 0) is 4.79 Å². The number of ether oxygens (including phenoxy) is 1. The number of hydrogen-bond donors (Lipinski definition) is 1. The second-order valence-electron chi connectivity index (χ2n) is 4.38. The first-order chi connectivity index (χ1) is 8.50. The van der Waals surface area contributed by atoms with Gasteiger partial charge in [-0.05, 0) is 24.6 Å². The van der Waals surface area contributed by atoms with Crippen LogP contribution in [0, 0.1) is 0 Å². The van der Waals surface area contributed by atoms with Gasteiger partial charge in [0.2, 0.25) is 5.91 Å². The molecular weight excluding hydrogens is 228 g/mol. The minimum Gasteiger partial charge on any atom is -0.487 e. The number of rotatable bonds is 6. The maximum absolute atomic E-state index is 11.5. The van der Waals surface area contributed by atoms with Crippen molar-refractivity contribution < 1.29 is 9.53 Å². The van der Waals surface area contributed by atoms with Crippen molar-refractivity contribution in [1.29, 1.82) is 0 Å². The zero-order valence-electron chi connectivity index (χ0n) is 11.2. The third kappa shape index (κ3) is 4.49. The highest BCUT2D eigenvalue weighted by Gasteiger charge is 2.06. The number of carbonyl (C=O) groups excluding carboxylic acids is 1. The van der Waals surface area contributed by atoms with E-state index in [0.29, 0.717) is 6.61 Å². The SMILES string of the molecule is C=C(C)COc1ccccc1NCC(=O)N(C)C. The molecule has 4 nitrogen and oxygen atoms in total. The van der Waals surface area contributed by atoms with Crippen LogP contribution in [0.25, 0.3) is 0 Å². The van der Waals surface area contributed by atoms with Crippen LogP contribution < -0.4 is 10.1 Å². The summed E-state index contributed by atoms with van der Waals surface area (Å²) in [6.45, 7) is 6.42. The van der Waals surface area contributed by atoms with Crippen LogP contribution in [0.1, 0.15) is 6.92 Å². The summed E-state index contributed by atoms with van der Waals surface area (Å²) in [6.07, 6.45) is 0. The second kappa shape index (κ2) is 6.69. The Kier molecular flexibility index (Phi) is 5.24. The molecule has 0 atom stereocenters. The molecule has 0 aliphatic heterocycles. The van der Waals surface area contributed by atoms with Crippen LogP contribution >= 0.6 is 0 Å². The minimum atomic E-state index is 0.0182. The summed E-state index contributed by atoms with van der Waals surface area (Å²) < 4.78 is 5.60. The lowest BCUT2D eigenvalue weighted by atomic mass is 10.3. The highest BCUT2D eigenvalue weighted by molar-refractivity contribution is 5.80. The Bertz CT molecular complexity index is 428. The Hall–Kier alpha value is -1.97. The molecule has 1 rings (SSSR count). The average molecular weight is 248 g/mol. The van der Waals surface area contributed by atoms with E-state index in [1.54, 1.807) is 19.0 Å². The molecule has 0 heterocycles. The molecule has 0 radical (unpaired) electrons. The number of nitrogens with zero attached hydrogens (tertiary/aromatic N) is 1. The molecule has 0 aromatic heterocycles. The molecule has 18 heavy (non-hydrogen) atoms. The lowest BCUT2D eigenvalue weighted by molar-refractivity contribution is -0.126. The number of nitrogens with one attached hydrogen (secondary N) is 1. The molecule has 98 valence electrons. The summed E-state index contributed by atoms with van der Waals surface area (Å²) in [4.78, 5) is 13.0. The molecule has 1 aromatic carbocycles. The van der Waals surface area contributed by atoms with Gasteiger partial charge < -0.3 is 15.0 Å². The van der Waals surface area contributed by atoms with Crippen molar-refractivity contribution in [2.24, 2.45) is 0 Å². The maximum atomic E-state index is 11.5. The maximum Gasteiger partial charge on any atom is 0.241 e. The van der Waals surface area contributed by atoms with Crippen molar-refractivity contribution in [2.75, 3.05) is 32.6 Å². The van der Waals surface area contributed by atoms with Crippen LogP contribution in [0.5, 0.6) is 5.75 Å². The van der Waals surface area contributed by atoms with E-state index in [4.69, 9.17) is 4.74 Å². The Morgan fingerprint density at radius 2 is 2.06 bits per heavy atom. The molecular formula is C14H20N2O2. The third-order valence-electron chi connectivity index (χ3n) is 2.29. The van der Waals surface area contributed by atoms with E-state index in [1.165, 1.54) is 0 Å². The summed E-state index contributed by atoms with van der Waals surface area (Å²) >= 11 is 0. The predicted molar refractivity (Wildman–Crippen MR) is 73.9 cm³/mol. The van der Waals surface area contributed by atoms with E-state index in [9.17, 15) is 4.79 Å². The first-order valence-corrected chi connectivity index (χ1v) is 5.81. The normalized spacial score (nSPS) is 9.72. The molecule has 0 aliphatic carbocycles. The fourth-order valence-electron chi connectivity index (χ4n) is 1.27. The molecule has 0 aliphatic rings. The molecule has 0 fully saturated rings. The Labute approximate surface area is 108 Å². The zero-order valence-corrected chi connectivity index (χ0v) is 11.2. The summed E-state index contributed by atoms with van der Waals surface area (Å²) in [5.41, 5.74) is 1.77. The standard InChI is InChI=1S/C14H20N2O2/c1-11(2)10-18-13-8-6-5-7-12(13)15-9-14(17)16(3)4/h5-8,15H,1,9-10H2,2-4H3. The Morgan fingerprint density at radius 3 is 2.67 bits per heavy atom. The highest BCUT2D eigenvalue weighted by atomic mass is 16.5. The first-order valence-electron chi connectivity index (χ1n) is 5.81. The van der Waals surface area contributed by atoms with Crippen molar-refractivity contribution >= 4 is 11.6 Å². The molecule has 0 bridgehead atoms. The van der Waals surface area contributed by atoms with E-state index in [-0.39, 0.29) is 12.5 Å². The molecule has 1 aromatic rings. The van der Waals surface area contributed by atoms with Gasteiger partial charge in [-0.15, -0.1) is 0 Å². The summed E-state index contributed by atoms with van der Waals surface area (Å²) in [7, 11) is 3.46. The van der Waals surface area contributed by atoms with Gasteiger partial charge in [-0.3, -0.25) is 4.79 Å². The van der Waals surface area contributed by atoms with Crippen LogP contribution in [0.15, 0.2) is 36.4 Å². The van der Waals surface area contributed by atoms with Gasteiger partial charge in [-0.25, -0.2) is 0 Å². The summed E-state index contributed by atoms with van der Waals surface area (Å²) in [6, 6.07) is 7.55. The fourth-order valence-corrected chi connectivity index (χ4v) is 1.27. The van der Waals surface area contributed by atoms with Crippen molar-refractivity contribution in [1.82, 2.24) is 4.90 Å². The molecule has 1 amide bonds. The smallest absolute Gasteiger partial charge is 0.241 e. The molecule has 0 unspecified atom stereocenters. The van der Waals surface area contributed by atoms with Gasteiger partial charge in [0, 0.05) is 14.1 Å². The van der Waals surface area contributed by atoms with Crippen LogP contribution in [0.2, 0.25) is 0 Å². The number of anilines is 1. The van der Waals surface area contributed by atoms with E-state index in [1.807, 2.05) is 31.2 Å². The van der Waals surface area contributed by atoms with Gasteiger partial charge >= 0.3 is 0 Å². The van der Waals surface area contributed by atoms with Gasteiger partial charge in [0.15, 0.2) is 0 Å². The lowest BCUT2D eigenvalue weighted by Crippen LogP contribution is -2.28. The van der Waals surface area contributed by atoms with Crippen molar-refractivity contribution in [3.63, 3.8) is 0 Å². The fraction of sp³-hybridized carbons (Fsp3) is 0.357. The number of amides is 1. The lowest BCUT2D eigenvalue weighted by Gasteiger charge is -2.15. The highest BCUT2D eigenvalue weighted by Crippen LogP contribution is 2.23. The van der Waals surface area contributed by atoms with Gasteiger partial charge in [0.25, 0.3) is 0 Å². The van der Waals surface area contributed by atoms with Crippen molar-refractivity contribution in [3.8, 4) is 5.75 Å². The molecule has 4 heteroatoms. The monoisotopic (exact) mass is 248 g/mol. The van der Waals surface area contributed by atoms with Gasteiger partial charge in [0.1, 0.15) is 12.4 Å². The number of benzene rings is 1. The molecule has 1 N–H and O–H groups in total. The molecule has 0 saturated carbocycles. The number of hydrogen-bond acceptors (Lipinski definition) is 3. The Balaban J connectivity index is 2.64. The third-order valence-corrected chi connectivity index (χ3v) is 2.29. The van der Waals surface area contributed by atoms with Crippen LogP contribution in [0.3, 0.4) is 0 Å². The quantitative estimate of drug-likeness (QED) is 0.784. The number of likely N-dealkylation sites (N-methyl/N-ethyl adjacent to an activating group) is 1. The second-order valence-corrected chi connectivity index (χ2v) is 4.38. The van der Waals surface area contributed by atoms with E-state index in [0.717, 1.165) is 17.0 Å². The van der Waals surface area contributed by atoms with E-state index < -0.39 is 0 Å². The van der Waals surface area contributed by atoms with Crippen LogP contribution in [-0.4, -0.2) is 38.1 Å². The minimum absolute atomic E-state index is 0.0182. The number of para-hydroxylation sites is 2. The Morgan fingerprint density at radius 1 is 1.39 bits per heavy atom. The molecule has 0 spiro atoms. The number of carbonyl (C=O) groups is 1. The van der Waals surface area contributed by atoms with Gasteiger partial charge in [-0.2, -0.15) is 0 Å². The van der Waals surface area contributed by atoms with Gasteiger partial charge in [-0.1, -0.05) is 18.7 Å². The van der Waals surface area contributed by atoms with Crippen molar-refractivity contribution in [2.45, 2.75) is 6.92 Å². The summed E-state index contributed by atoms with van der Waals surface area (Å²) in [5.74, 6) is 0.747. The topological polar surface area (TPSA) is 41.6 Å². The van der Waals surface area contributed by atoms with Gasteiger partial charge in [0.05, 0.1) is 12.2 Å². The average Bonchev–Trinajstić information content (AvgIpc) is 2.34. The van der Waals surface area contributed by atoms with E-state index in [2.05, 4.69) is 11.9 Å². The summed E-state index contributed by atoms with van der Waals surface area (Å²) in [5, 5.41) is 3.07. The van der Waals surface area contributed by atoms with Crippen molar-refractivity contribution in [3.05, 3.63) is 36.4 Å². The van der Waals surface area contributed by atoms with Crippen LogP contribution in [0.4, 0.5) is 5.69 Å². The van der Waals surface area contributed by atoms with E-state index >= 15 is 0 Å². The predicted octanol–water partition coefficient (Wildman–Crippen LogP) is 2.14.